The Morgan fingerprint density at radius 2 is 1.48 bits per heavy atom. The van der Waals surface area contributed by atoms with Gasteiger partial charge in [0.05, 0.1) is 5.56 Å². The normalized spacial score (nSPS) is 11.5. The molecule has 5 nitrogen and oxygen atoms in total. The average Bonchev–Trinajstić information content (AvgIpc) is 2.78. The van der Waals surface area contributed by atoms with Crippen molar-refractivity contribution in [3.63, 3.8) is 0 Å². The number of benzene rings is 3. The molecule has 0 radical (unpaired) electrons. The minimum Gasteiger partial charge on any atom is -0.449 e. The molecule has 0 aromatic heterocycles. The Kier molecular flexibility index (Phi) is 6.92. The van der Waals surface area contributed by atoms with Gasteiger partial charge >= 0.3 is 5.97 Å². The van der Waals surface area contributed by atoms with Crippen molar-refractivity contribution in [1.82, 2.24) is 4.90 Å². The van der Waals surface area contributed by atoms with E-state index in [0.29, 0.717) is 16.7 Å². The van der Waals surface area contributed by atoms with Crippen LogP contribution >= 0.6 is 0 Å². The SMILES string of the molecule is C[C@H](OC(=O)c1ccc(C(=O)c2ccccc2)cc1)C(=O)N(C)Cc1cccc(F)c1. The summed E-state index contributed by atoms with van der Waals surface area (Å²) in [6.45, 7) is 1.67. The molecule has 0 spiro atoms. The van der Waals surface area contributed by atoms with Crippen molar-refractivity contribution in [1.29, 1.82) is 0 Å². The molecule has 0 aliphatic carbocycles. The Bertz CT molecular complexity index is 1080. The number of nitrogens with zero attached hydrogens (tertiary/aromatic N) is 1. The highest BCUT2D eigenvalue weighted by molar-refractivity contribution is 6.09. The van der Waals surface area contributed by atoms with E-state index < -0.39 is 18.0 Å². The smallest absolute Gasteiger partial charge is 0.338 e. The molecule has 6 heteroatoms. The number of hydrogen-bond donors (Lipinski definition) is 0. The van der Waals surface area contributed by atoms with Crippen molar-refractivity contribution in [2.75, 3.05) is 7.05 Å². The van der Waals surface area contributed by atoms with Crippen molar-refractivity contribution in [3.05, 3.63) is 107 Å². The van der Waals surface area contributed by atoms with E-state index in [9.17, 15) is 18.8 Å². The molecule has 3 aromatic rings. The van der Waals surface area contributed by atoms with Crippen LogP contribution in [0.1, 0.15) is 38.8 Å². The molecular formula is C25H22FNO4. The van der Waals surface area contributed by atoms with Crippen LogP contribution in [0.5, 0.6) is 0 Å². The molecule has 0 saturated carbocycles. The molecule has 1 amide bonds. The fraction of sp³-hybridized carbons (Fsp3) is 0.160. The highest BCUT2D eigenvalue weighted by Gasteiger charge is 2.22. The molecule has 31 heavy (non-hydrogen) atoms. The zero-order chi connectivity index (χ0) is 22.4. The molecule has 0 fully saturated rings. The maximum atomic E-state index is 13.3. The second-order valence-corrected chi connectivity index (χ2v) is 7.14. The zero-order valence-corrected chi connectivity index (χ0v) is 17.2. The van der Waals surface area contributed by atoms with Gasteiger partial charge in [-0.15, -0.1) is 0 Å². The lowest BCUT2D eigenvalue weighted by molar-refractivity contribution is -0.139. The van der Waals surface area contributed by atoms with Gasteiger partial charge in [-0.2, -0.15) is 0 Å². The highest BCUT2D eigenvalue weighted by atomic mass is 19.1. The fourth-order valence-corrected chi connectivity index (χ4v) is 3.09. The summed E-state index contributed by atoms with van der Waals surface area (Å²) in [7, 11) is 1.56. The van der Waals surface area contributed by atoms with Gasteiger partial charge in [0.25, 0.3) is 5.91 Å². The predicted molar refractivity (Wildman–Crippen MR) is 114 cm³/mol. The molecule has 158 valence electrons. The van der Waals surface area contributed by atoms with Gasteiger partial charge in [-0.25, -0.2) is 9.18 Å². The first-order valence-corrected chi connectivity index (χ1v) is 9.75. The summed E-state index contributed by atoms with van der Waals surface area (Å²) in [5.74, 6) is -1.61. The number of ketones is 1. The maximum absolute atomic E-state index is 13.3. The van der Waals surface area contributed by atoms with Gasteiger partial charge in [-0.05, 0) is 36.8 Å². The lowest BCUT2D eigenvalue weighted by Gasteiger charge is -2.21. The van der Waals surface area contributed by atoms with Crippen LogP contribution in [0, 0.1) is 5.82 Å². The topological polar surface area (TPSA) is 63.7 Å². The standard InChI is InChI=1S/C25H22FNO4/c1-17(24(29)27(2)16-18-7-6-10-22(26)15-18)31-25(30)21-13-11-20(12-14-21)23(28)19-8-4-3-5-9-19/h3-15,17H,16H2,1-2H3/t17-/m0/s1. The van der Waals surface area contributed by atoms with Crippen molar-refractivity contribution in [2.24, 2.45) is 0 Å². The summed E-state index contributed by atoms with van der Waals surface area (Å²) in [5, 5.41) is 0. The van der Waals surface area contributed by atoms with Crippen LogP contribution in [0.4, 0.5) is 4.39 Å². The van der Waals surface area contributed by atoms with Gasteiger partial charge in [0.2, 0.25) is 0 Å². The number of ether oxygens (including phenoxy) is 1. The van der Waals surface area contributed by atoms with Crippen LogP contribution in [-0.4, -0.2) is 35.7 Å². The van der Waals surface area contributed by atoms with Gasteiger partial charge in [-0.3, -0.25) is 9.59 Å². The van der Waals surface area contributed by atoms with Crippen LogP contribution in [0.15, 0.2) is 78.9 Å². The molecule has 0 unspecified atom stereocenters. The quantitative estimate of drug-likeness (QED) is 0.424. The highest BCUT2D eigenvalue weighted by Crippen LogP contribution is 2.13. The molecule has 1 atom stereocenters. The third-order valence-corrected chi connectivity index (χ3v) is 4.74. The first-order valence-electron chi connectivity index (χ1n) is 9.75. The summed E-state index contributed by atoms with van der Waals surface area (Å²) in [4.78, 5) is 38.7. The summed E-state index contributed by atoms with van der Waals surface area (Å²) in [6, 6.07) is 20.9. The first kappa shape index (κ1) is 21.9. The van der Waals surface area contributed by atoms with E-state index in [1.807, 2.05) is 6.07 Å². The third-order valence-electron chi connectivity index (χ3n) is 4.74. The molecule has 0 heterocycles. The number of carbonyl (C=O) groups is 3. The minimum atomic E-state index is -1.02. The average molecular weight is 419 g/mol. The van der Waals surface area contributed by atoms with Crippen molar-refractivity contribution >= 4 is 17.7 Å². The van der Waals surface area contributed by atoms with Crippen molar-refractivity contribution in [2.45, 2.75) is 19.6 Å². The van der Waals surface area contributed by atoms with E-state index >= 15 is 0 Å². The largest absolute Gasteiger partial charge is 0.449 e. The molecule has 0 aliphatic heterocycles. The van der Waals surface area contributed by atoms with Crippen LogP contribution in [0.2, 0.25) is 0 Å². The summed E-state index contributed by atoms with van der Waals surface area (Å²) < 4.78 is 18.6. The van der Waals surface area contributed by atoms with Crippen LogP contribution in [-0.2, 0) is 16.1 Å². The molecule has 3 aromatic carbocycles. The lowest BCUT2D eigenvalue weighted by atomic mass is 10.0. The first-order chi connectivity index (χ1) is 14.8. The van der Waals surface area contributed by atoms with Gasteiger partial charge in [0, 0.05) is 24.7 Å². The number of esters is 1. The zero-order valence-electron chi connectivity index (χ0n) is 17.2. The van der Waals surface area contributed by atoms with E-state index in [4.69, 9.17) is 4.74 Å². The Balaban J connectivity index is 1.60. The van der Waals surface area contributed by atoms with E-state index in [1.54, 1.807) is 55.6 Å². The Morgan fingerprint density at radius 3 is 2.13 bits per heavy atom. The molecule has 0 bridgehead atoms. The van der Waals surface area contributed by atoms with Crippen LogP contribution < -0.4 is 0 Å². The Hall–Kier alpha value is -3.80. The van der Waals surface area contributed by atoms with Gasteiger partial charge in [0.15, 0.2) is 11.9 Å². The monoisotopic (exact) mass is 419 g/mol. The van der Waals surface area contributed by atoms with Gasteiger partial charge in [0.1, 0.15) is 5.82 Å². The molecule has 0 aliphatic rings. The number of carbonyl (C=O) groups excluding carboxylic acids is 3. The molecular weight excluding hydrogens is 397 g/mol. The third kappa shape index (κ3) is 5.63. The van der Waals surface area contributed by atoms with E-state index in [1.165, 1.54) is 36.1 Å². The number of hydrogen-bond acceptors (Lipinski definition) is 4. The van der Waals surface area contributed by atoms with E-state index in [2.05, 4.69) is 0 Å². The van der Waals surface area contributed by atoms with Crippen molar-refractivity contribution in [3.8, 4) is 0 Å². The summed E-state index contributed by atoms with van der Waals surface area (Å²) >= 11 is 0. The number of halogens is 1. The minimum absolute atomic E-state index is 0.150. The number of likely N-dealkylation sites (N-methyl/N-ethyl adjacent to an activating group) is 1. The number of rotatable bonds is 7. The van der Waals surface area contributed by atoms with Crippen molar-refractivity contribution < 1.29 is 23.5 Å². The Labute approximate surface area is 180 Å². The Morgan fingerprint density at radius 1 is 0.871 bits per heavy atom. The van der Waals surface area contributed by atoms with Crippen LogP contribution in [0.25, 0.3) is 0 Å². The van der Waals surface area contributed by atoms with Crippen LogP contribution in [0.3, 0.4) is 0 Å². The summed E-state index contributed by atoms with van der Waals surface area (Å²) in [6.07, 6.45) is -1.02. The number of amides is 1. The predicted octanol–water partition coefficient (Wildman–Crippen LogP) is 4.26. The van der Waals surface area contributed by atoms with E-state index in [0.717, 1.165) is 0 Å². The fourth-order valence-electron chi connectivity index (χ4n) is 3.09. The molecule has 0 N–H and O–H groups in total. The summed E-state index contributed by atoms with van der Waals surface area (Å²) in [5.41, 5.74) is 1.87. The van der Waals surface area contributed by atoms with Gasteiger partial charge in [-0.1, -0.05) is 54.6 Å². The maximum Gasteiger partial charge on any atom is 0.338 e. The van der Waals surface area contributed by atoms with E-state index in [-0.39, 0.29) is 23.7 Å². The second kappa shape index (κ2) is 9.80. The molecule has 0 saturated heterocycles. The van der Waals surface area contributed by atoms with Gasteiger partial charge < -0.3 is 9.64 Å². The second-order valence-electron chi connectivity index (χ2n) is 7.14. The lowest BCUT2D eigenvalue weighted by Crippen LogP contribution is -2.37. The molecule has 3 rings (SSSR count).